The van der Waals surface area contributed by atoms with Crippen molar-refractivity contribution < 1.29 is 27.5 Å². The molecule has 39 heavy (non-hydrogen) atoms. The van der Waals surface area contributed by atoms with Crippen molar-refractivity contribution in [3.05, 3.63) is 52.0 Å². The number of rotatable bonds is 10. The molecule has 2 amide bonds. The molecule has 2 aromatic carbocycles. The van der Waals surface area contributed by atoms with Gasteiger partial charge in [-0.1, -0.05) is 36.2 Å². The molecule has 0 aliphatic carbocycles. The minimum Gasteiger partial charge on any atom is -0.486 e. The molecule has 1 N–H and O–H groups in total. The van der Waals surface area contributed by atoms with E-state index in [4.69, 9.17) is 32.7 Å². The van der Waals surface area contributed by atoms with E-state index in [0.717, 1.165) is 4.31 Å². The number of halogens is 2. The van der Waals surface area contributed by atoms with Crippen molar-refractivity contribution in [1.29, 1.82) is 0 Å². The molecule has 12 heteroatoms. The van der Waals surface area contributed by atoms with Gasteiger partial charge in [-0.2, -0.15) is 0 Å². The summed E-state index contributed by atoms with van der Waals surface area (Å²) in [6.45, 7) is 9.06. The Morgan fingerprint density at radius 1 is 1.00 bits per heavy atom. The maximum Gasteiger partial charge on any atom is 0.244 e. The van der Waals surface area contributed by atoms with Gasteiger partial charge in [-0.25, -0.2) is 8.42 Å². The smallest absolute Gasteiger partial charge is 0.244 e. The molecule has 1 aliphatic heterocycles. The van der Waals surface area contributed by atoms with E-state index in [1.165, 1.54) is 11.8 Å². The average Bonchev–Trinajstić information content (AvgIpc) is 2.87. The lowest BCUT2D eigenvalue weighted by Gasteiger charge is -2.35. The SMILES string of the molecule is CC[C@@H](C(=O)NC(C)(C)C)N(Cc1ccc(Cl)c(Cl)c1)C(=O)CN(c1ccc2c(c1)OCCO2)S(=O)(=O)CC. The van der Waals surface area contributed by atoms with Gasteiger partial charge in [-0.05, 0) is 63.9 Å². The predicted molar refractivity (Wildman–Crippen MR) is 153 cm³/mol. The summed E-state index contributed by atoms with van der Waals surface area (Å²) < 4.78 is 38.6. The highest BCUT2D eigenvalue weighted by molar-refractivity contribution is 7.92. The van der Waals surface area contributed by atoms with E-state index in [-0.39, 0.29) is 23.9 Å². The van der Waals surface area contributed by atoms with Gasteiger partial charge in [-0.15, -0.1) is 0 Å². The Morgan fingerprint density at radius 3 is 2.26 bits per heavy atom. The van der Waals surface area contributed by atoms with Crippen LogP contribution in [0.3, 0.4) is 0 Å². The van der Waals surface area contributed by atoms with Crippen LogP contribution in [0.25, 0.3) is 0 Å². The molecule has 1 heterocycles. The molecular weight excluding hydrogens is 565 g/mol. The van der Waals surface area contributed by atoms with Crippen LogP contribution in [-0.4, -0.2) is 62.2 Å². The fourth-order valence-corrected chi connectivity index (χ4v) is 5.49. The van der Waals surface area contributed by atoms with E-state index in [0.29, 0.717) is 46.7 Å². The van der Waals surface area contributed by atoms with Crippen molar-refractivity contribution in [2.24, 2.45) is 0 Å². The van der Waals surface area contributed by atoms with Crippen molar-refractivity contribution >= 4 is 50.7 Å². The van der Waals surface area contributed by atoms with E-state index < -0.39 is 34.1 Å². The number of nitrogens with one attached hydrogen (secondary N) is 1. The number of carbonyl (C=O) groups is 2. The second-order valence-corrected chi connectivity index (χ2v) is 13.2. The van der Waals surface area contributed by atoms with Crippen LogP contribution in [0.4, 0.5) is 5.69 Å². The summed E-state index contributed by atoms with van der Waals surface area (Å²) in [5.74, 6) is -0.238. The van der Waals surface area contributed by atoms with Gasteiger partial charge in [0.2, 0.25) is 21.8 Å². The van der Waals surface area contributed by atoms with Crippen molar-refractivity contribution in [2.45, 2.75) is 59.2 Å². The van der Waals surface area contributed by atoms with Gasteiger partial charge in [0.1, 0.15) is 25.8 Å². The summed E-state index contributed by atoms with van der Waals surface area (Å²) in [6.07, 6.45) is 0.305. The van der Waals surface area contributed by atoms with Gasteiger partial charge < -0.3 is 19.7 Å². The highest BCUT2D eigenvalue weighted by Gasteiger charge is 2.34. The van der Waals surface area contributed by atoms with Crippen LogP contribution in [0, 0.1) is 0 Å². The van der Waals surface area contributed by atoms with Crippen LogP contribution in [0.5, 0.6) is 11.5 Å². The Balaban J connectivity index is 2.01. The van der Waals surface area contributed by atoms with Gasteiger partial charge in [0.05, 0.1) is 21.5 Å². The largest absolute Gasteiger partial charge is 0.486 e. The number of ether oxygens (including phenoxy) is 2. The quantitative estimate of drug-likeness (QED) is 0.426. The molecule has 0 saturated carbocycles. The third-order valence-corrected chi connectivity index (χ3v) is 8.49. The third kappa shape index (κ3) is 7.93. The van der Waals surface area contributed by atoms with E-state index in [2.05, 4.69) is 5.32 Å². The molecule has 0 aromatic heterocycles. The topological polar surface area (TPSA) is 105 Å². The minimum absolute atomic E-state index is 0.0208. The normalized spacial score (nSPS) is 13.9. The molecule has 9 nitrogen and oxygen atoms in total. The fourth-order valence-electron chi connectivity index (χ4n) is 4.11. The van der Waals surface area contributed by atoms with Crippen molar-refractivity contribution in [3.63, 3.8) is 0 Å². The van der Waals surface area contributed by atoms with Gasteiger partial charge in [0.25, 0.3) is 0 Å². The number of fused-ring (bicyclic) bond motifs is 1. The molecule has 0 spiro atoms. The minimum atomic E-state index is -3.88. The maximum atomic E-state index is 13.9. The summed E-state index contributed by atoms with van der Waals surface area (Å²) in [5.41, 5.74) is 0.367. The molecule has 214 valence electrons. The highest BCUT2D eigenvalue weighted by Crippen LogP contribution is 2.35. The van der Waals surface area contributed by atoms with Crippen LogP contribution in [0.1, 0.15) is 46.6 Å². The van der Waals surface area contributed by atoms with E-state index in [9.17, 15) is 18.0 Å². The van der Waals surface area contributed by atoms with Crippen molar-refractivity contribution in [3.8, 4) is 11.5 Å². The summed E-state index contributed by atoms with van der Waals surface area (Å²) in [6, 6.07) is 8.82. The molecule has 3 rings (SSSR count). The zero-order valence-electron chi connectivity index (χ0n) is 22.8. The lowest BCUT2D eigenvalue weighted by Crippen LogP contribution is -2.55. The van der Waals surface area contributed by atoms with Crippen LogP contribution in [0.15, 0.2) is 36.4 Å². The maximum absolute atomic E-state index is 13.9. The zero-order chi connectivity index (χ0) is 29.0. The number of hydrogen-bond donors (Lipinski definition) is 1. The first-order valence-electron chi connectivity index (χ1n) is 12.7. The molecule has 0 bridgehead atoms. The molecule has 0 unspecified atom stereocenters. The second-order valence-electron chi connectivity index (χ2n) is 10.2. The Morgan fingerprint density at radius 2 is 1.67 bits per heavy atom. The fraction of sp³-hybridized carbons (Fsp3) is 0.481. The monoisotopic (exact) mass is 599 g/mol. The summed E-state index contributed by atoms with van der Waals surface area (Å²) in [5, 5.41) is 3.59. The van der Waals surface area contributed by atoms with Gasteiger partial charge >= 0.3 is 0 Å². The lowest BCUT2D eigenvalue weighted by molar-refractivity contribution is -0.141. The Labute approximate surface area is 240 Å². The van der Waals surface area contributed by atoms with E-state index in [1.807, 2.05) is 20.8 Å². The molecular formula is C27H35Cl2N3O6S. The Bertz CT molecular complexity index is 1310. The summed E-state index contributed by atoms with van der Waals surface area (Å²) >= 11 is 12.3. The third-order valence-electron chi connectivity index (χ3n) is 6.01. The summed E-state index contributed by atoms with van der Waals surface area (Å²) in [4.78, 5) is 28.6. The van der Waals surface area contributed by atoms with Crippen molar-refractivity contribution in [1.82, 2.24) is 10.2 Å². The van der Waals surface area contributed by atoms with E-state index >= 15 is 0 Å². The van der Waals surface area contributed by atoms with E-state index in [1.54, 1.807) is 43.3 Å². The predicted octanol–water partition coefficient (Wildman–Crippen LogP) is 4.64. The number of nitrogens with zero attached hydrogens (tertiary/aromatic N) is 2. The number of sulfonamides is 1. The van der Waals surface area contributed by atoms with Gasteiger partial charge in [0, 0.05) is 18.2 Å². The number of hydrogen-bond acceptors (Lipinski definition) is 6. The Kier molecular flexibility index (Phi) is 10.0. The van der Waals surface area contributed by atoms with Crippen molar-refractivity contribution in [2.75, 3.05) is 29.8 Å². The number of anilines is 1. The number of carbonyl (C=O) groups excluding carboxylic acids is 2. The first-order valence-corrected chi connectivity index (χ1v) is 15.1. The Hall–Kier alpha value is -2.69. The average molecular weight is 601 g/mol. The molecule has 0 radical (unpaired) electrons. The molecule has 0 fully saturated rings. The number of amides is 2. The molecule has 1 aliphatic rings. The van der Waals surface area contributed by atoms with Crippen LogP contribution >= 0.6 is 23.2 Å². The molecule has 0 saturated heterocycles. The lowest BCUT2D eigenvalue weighted by atomic mass is 10.1. The first kappa shape index (κ1) is 30.8. The molecule has 1 atom stereocenters. The zero-order valence-corrected chi connectivity index (χ0v) is 25.1. The highest BCUT2D eigenvalue weighted by atomic mass is 35.5. The van der Waals surface area contributed by atoms with Crippen LogP contribution < -0.4 is 19.1 Å². The van der Waals surface area contributed by atoms with Crippen LogP contribution in [0.2, 0.25) is 10.0 Å². The van der Waals surface area contributed by atoms with Crippen LogP contribution in [-0.2, 0) is 26.2 Å². The standard InChI is InChI=1S/C27H35Cl2N3O6S/c1-6-22(26(34)30-27(3,4)5)31(16-18-8-10-20(28)21(29)14-18)25(33)17-32(39(35,36)7-2)19-9-11-23-24(15-19)38-13-12-37-23/h8-11,14-15,22H,6-7,12-13,16-17H2,1-5H3,(H,30,34)/t22-/m0/s1. The van der Waals surface area contributed by atoms with Gasteiger partial charge in [0.15, 0.2) is 11.5 Å². The van der Waals surface area contributed by atoms with Gasteiger partial charge in [-0.3, -0.25) is 13.9 Å². The number of benzene rings is 2. The second kappa shape index (κ2) is 12.7. The summed E-state index contributed by atoms with van der Waals surface area (Å²) in [7, 11) is -3.88. The molecule has 2 aromatic rings. The first-order chi connectivity index (χ1) is 18.3.